The van der Waals surface area contributed by atoms with Crippen LogP contribution in [0.4, 0.5) is 9.59 Å². The Morgan fingerprint density at radius 1 is 0.526 bits per heavy atom. The van der Waals surface area contributed by atoms with E-state index in [1.807, 2.05) is 0 Å². The minimum Gasteiger partial charge on any atom is -0.450 e. The molecule has 0 radical (unpaired) electrons. The fourth-order valence-electron chi connectivity index (χ4n) is 3.02. The molecule has 6 N–H and O–H groups in total. The average molecular weight is 557 g/mol. The Hall–Kier alpha value is -1.62. The van der Waals surface area contributed by atoms with Crippen molar-refractivity contribution in [3.05, 3.63) is 0 Å². The van der Waals surface area contributed by atoms with E-state index in [9.17, 15) is 0 Å². The molecule has 0 amide bonds. The van der Waals surface area contributed by atoms with E-state index in [0.717, 1.165) is 0 Å². The van der Waals surface area contributed by atoms with Gasteiger partial charge in [-0.15, -0.1) is 0 Å². The lowest BCUT2D eigenvalue weighted by molar-refractivity contribution is -0.264. The number of hydrogen-bond acceptors (Lipinski definition) is 6. The molecule has 0 aromatic carbocycles. The van der Waals surface area contributed by atoms with Crippen molar-refractivity contribution in [1.29, 1.82) is 0 Å². The Morgan fingerprint density at radius 2 is 0.711 bits per heavy atom. The quantitative estimate of drug-likeness (QED) is 0.113. The van der Waals surface area contributed by atoms with Crippen LogP contribution in [0.15, 0.2) is 0 Å². The van der Waals surface area contributed by atoms with Crippen LogP contribution in [0.3, 0.4) is 0 Å². The number of carbonyl (C=O) groups is 2. The molecule has 0 aliphatic carbocycles. The molecule has 0 saturated heterocycles. The van der Waals surface area contributed by atoms with E-state index in [-0.39, 0.29) is 10.8 Å². The van der Waals surface area contributed by atoms with Crippen LogP contribution in [0, 0.1) is 45.3 Å². The molecule has 0 saturated carbocycles. The van der Waals surface area contributed by atoms with Crippen LogP contribution in [0.5, 0.6) is 0 Å². The van der Waals surface area contributed by atoms with E-state index in [4.69, 9.17) is 40.5 Å². The largest absolute Gasteiger partial charge is 0.503 e. The zero-order chi connectivity index (χ0) is 31.7. The lowest BCUT2D eigenvalue weighted by Gasteiger charge is -2.36. The van der Waals surface area contributed by atoms with Gasteiger partial charge in [-0.3, -0.25) is 10.5 Å². The van der Waals surface area contributed by atoms with E-state index in [0.29, 0.717) is 47.7 Å². The molecule has 232 valence electrons. The summed E-state index contributed by atoms with van der Waals surface area (Å²) < 4.78 is 0. The lowest BCUT2D eigenvalue weighted by Crippen LogP contribution is -2.31. The molecule has 0 rings (SSSR count). The summed E-state index contributed by atoms with van der Waals surface area (Å²) in [6.07, 6.45) is -1.33. The smallest absolute Gasteiger partial charge is 0.450 e. The molecule has 0 bridgehead atoms. The second-order valence-electron chi connectivity index (χ2n) is 13.9. The van der Waals surface area contributed by atoms with Gasteiger partial charge in [0.2, 0.25) is 0 Å². The SMILES string of the molecule is CC(CC(C)C(C)(C)COO)C(C)(C)C.CC(CC(C)C(C)(C)COO)C(C)(C)C.O=C(O)O.O=C(O)O. The van der Waals surface area contributed by atoms with Crippen LogP contribution >= 0.6 is 0 Å². The van der Waals surface area contributed by atoms with Crippen molar-refractivity contribution in [1.82, 2.24) is 0 Å². The Morgan fingerprint density at radius 3 is 0.842 bits per heavy atom. The van der Waals surface area contributed by atoms with Crippen molar-refractivity contribution in [3.63, 3.8) is 0 Å². The molecule has 0 aromatic rings. The molecular formula is C28H60O10. The highest BCUT2D eigenvalue weighted by atomic mass is 17.1. The van der Waals surface area contributed by atoms with Gasteiger partial charge in [-0.2, -0.15) is 0 Å². The van der Waals surface area contributed by atoms with Crippen molar-refractivity contribution in [2.24, 2.45) is 45.3 Å². The van der Waals surface area contributed by atoms with Crippen molar-refractivity contribution in [2.75, 3.05) is 13.2 Å². The standard InChI is InChI=1S/2C13H28O2.2CH2O3/c2*1-10(12(3,4)5)8-11(2)13(6,7)9-15-14;2*2-1(3)4/h2*10-11,14H,8-9H2,1-7H3;2*(H2,2,3,4). The first-order valence-electron chi connectivity index (χ1n) is 13.0. The maximum absolute atomic E-state index is 8.56. The van der Waals surface area contributed by atoms with Gasteiger partial charge in [-0.05, 0) is 58.2 Å². The van der Waals surface area contributed by atoms with Gasteiger partial charge < -0.3 is 20.4 Å². The van der Waals surface area contributed by atoms with Crippen LogP contribution in [0.2, 0.25) is 0 Å². The van der Waals surface area contributed by atoms with Gasteiger partial charge in [0.1, 0.15) is 0 Å². The van der Waals surface area contributed by atoms with Crippen LogP contribution < -0.4 is 0 Å². The van der Waals surface area contributed by atoms with E-state index in [1.165, 1.54) is 12.8 Å². The average Bonchev–Trinajstić information content (AvgIpc) is 2.65. The summed E-state index contributed by atoms with van der Waals surface area (Å²) in [7, 11) is 0. The molecule has 0 aliphatic heterocycles. The molecule has 0 fully saturated rings. The first-order valence-corrected chi connectivity index (χ1v) is 13.0. The van der Waals surface area contributed by atoms with Gasteiger partial charge in [-0.25, -0.2) is 19.4 Å². The topological polar surface area (TPSA) is 174 Å². The molecule has 4 atom stereocenters. The maximum atomic E-state index is 8.56. The van der Waals surface area contributed by atoms with Crippen molar-refractivity contribution < 1.29 is 50.3 Å². The number of rotatable bonds is 10. The van der Waals surface area contributed by atoms with E-state index in [2.05, 4.69) is 107 Å². The number of carboxylic acid groups (broad SMARTS) is 4. The van der Waals surface area contributed by atoms with E-state index in [1.54, 1.807) is 0 Å². The first-order chi connectivity index (χ1) is 16.7. The summed E-state index contributed by atoms with van der Waals surface area (Å²) in [5, 5.41) is 45.0. The second kappa shape index (κ2) is 19.4. The third-order valence-electron chi connectivity index (χ3n) is 7.91. The fraction of sp³-hybridized carbons (Fsp3) is 0.929. The summed E-state index contributed by atoms with van der Waals surface area (Å²) in [5.41, 5.74) is 0.775. The molecule has 0 aliphatic rings. The monoisotopic (exact) mass is 556 g/mol. The molecule has 10 nitrogen and oxygen atoms in total. The molecule has 0 aromatic heterocycles. The Bertz CT molecular complexity index is 556. The van der Waals surface area contributed by atoms with Crippen LogP contribution in [0.1, 0.15) is 110 Å². The highest BCUT2D eigenvalue weighted by molar-refractivity contribution is 5.53. The van der Waals surface area contributed by atoms with Crippen molar-refractivity contribution >= 4 is 12.3 Å². The van der Waals surface area contributed by atoms with Crippen LogP contribution in [-0.2, 0) is 9.78 Å². The molecule has 10 heteroatoms. The number of hydrogen-bond donors (Lipinski definition) is 6. The van der Waals surface area contributed by atoms with Gasteiger partial charge >= 0.3 is 12.3 Å². The fourth-order valence-corrected chi connectivity index (χ4v) is 3.02. The summed E-state index contributed by atoms with van der Waals surface area (Å²) >= 11 is 0. The molecule has 0 spiro atoms. The zero-order valence-electron chi connectivity index (χ0n) is 26.5. The normalized spacial score (nSPS) is 15.2. The predicted molar refractivity (Wildman–Crippen MR) is 151 cm³/mol. The summed E-state index contributed by atoms with van der Waals surface area (Å²) in [4.78, 5) is 25.7. The molecule has 0 heterocycles. The van der Waals surface area contributed by atoms with E-state index < -0.39 is 12.3 Å². The summed E-state index contributed by atoms with van der Waals surface area (Å²) in [6.45, 7) is 32.1. The highest BCUT2D eigenvalue weighted by Gasteiger charge is 2.32. The van der Waals surface area contributed by atoms with Crippen LogP contribution in [0.25, 0.3) is 0 Å². The third-order valence-corrected chi connectivity index (χ3v) is 7.91. The molecule has 4 unspecified atom stereocenters. The summed E-state index contributed by atoms with van der Waals surface area (Å²) in [5.74, 6) is 2.42. The Labute approximate surface area is 231 Å². The van der Waals surface area contributed by atoms with Crippen LogP contribution in [-0.4, -0.2) is 56.5 Å². The molecule has 38 heavy (non-hydrogen) atoms. The lowest BCUT2D eigenvalue weighted by atomic mass is 9.70. The van der Waals surface area contributed by atoms with Gasteiger partial charge in [0.15, 0.2) is 0 Å². The maximum Gasteiger partial charge on any atom is 0.503 e. The molecular weight excluding hydrogens is 496 g/mol. The van der Waals surface area contributed by atoms with Gasteiger partial charge in [0.05, 0.1) is 13.2 Å². The summed E-state index contributed by atoms with van der Waals surface area (Å²) in [6, 6.07) is 0. The highest BCUT2D eigenvalue weighted by Crippen LogP contribution is 2.38. The van der Waals surface area contributed by atoms with Gasteiger partial charge in [-0.1, -0.05) is 96.9 Å². The minimum atomic E-state index is -1.83. The van der Waals surface area contributed by atoms with E-state index >= 15 is 0 Å². The third kappa shape index (κ3) is 26.0. The predicted octanol–water partition coefficient (Wildman–Crippen LogP) is 8.87. The van der Waals surface area contributed by atoms with Gasteiger partial charge in [0.25, 0.3) is 0 Å². The van der Waals surface area contributed by atoms with Crippen molar-refractivity contribution in [2.45, 2.75) is 110 Å². The first kappa shape index (κ1) is 43.4. The zero-order valence-corrected chi connectivity index (χ0v) is 26.5. The minimum absolute atomic E-state index is 0.0360. The second-order valence-corrected chi connectivity index (χ2v) is 13.9. The van der Waals surface area contributed by atoms with Crippen molar-refractivity contribution in [3.8, 4) is 0 Å². The Balaban J connectivity index is -0.000000237. The van der Waals surface area contributed by atoms with Gasteiger partial charge in [0, 0.05) is 0 Å². The Kier molecular flexibility index (Phi) is 22.2.